The van der Waals surface area contributed by atoms with Crippen LogP contribution in [0, 0.1) is 11.8 Å². The lowest BCUT2D eigenvalue weighted by atomic mass is 9.83. The lowest BCUT2D eigenvalue weighted by molar-refractivity contribution is -0.154. The number of rotatable bonds is 4. The molecule has 3 rings (SSSR count). The van der Waals surface area contributed by atoms with E-state index in [2.05, 4.69) is 10.5 Å². The van der Waals surface area contributed by atoms with Crippen LogP contribution in [0.2, 0.25) is 0 Å². The van der Waals surface area contributed by atoms with E-state index in [0.717, 1.165) is 0 Å². The second-order valence-corrected chi connectivity index (χ2v) is 7.05. The zero-order chi connectivity index (χ0) is 21.3. The predicted molar refractivity (Wildman–Crippen MR) is 101 cm³/mol. The number of nitrogens with zero attached hydrogens (tertiary/aromatic N) is 1. The zero-order valence-electron chi connectivity index (χ0n) is 16.0. The van der Waals surface area contributed by atoms with Crippen molar-refractivity contribution < 1.29 is 27.9 Å². The largest absolute Gasteiger partial charge is 0.465 e. The minimum Gasteiger partial charge on any atom is -0.465 e. The van der Waals surface area contributed by atoms with Crippen molar-refractivity contribution >= 4 is 11.7 Å². The Labute approximate surface area is 166 Å². The first-order valence-corrected chi connectivity index (χ1v) is 9.05. The smallest absolute Gasteiger partial charge is 0.397 e. The molecule has 0 radical (unpaired) electrons. The SMILES string of the molecule is COC(=O)C1=C[C@@H](C(NO)=C(C)C2=C3C=CCC(C(F)(F)F)C3=NC2)C(N)C=C1. The van der Waals surface area contributed by atoms with Crippen molar-refractivity contribution in [2.45, 2.75) is 25.6 Å². The summed E-state index contributed by atoms with van der Waals surface area (Å²) < 4.78 is 44.8. The second-order valence-electron chi connectivity index (χ2n) is 7.05. The van der Waals surface area contributed by atoms with Crippen LogP contribution in [0.5, 0.6) is 0 Å². The summed E-state index contributed by atoms with van der Waals surface area (Å²) in [5, 5.41) is 9.80. The van der Waals surface area contributed by atoms with Gasteiger partial charge in [-0.1, -0.05) is 30.4 Å². The minimum absolute atomic E-state index is 0.0188. The van der Waals surface area contributed by atoms with Crippen LogP contribution >= 0.6 is 0 Å². The van der Waals surface area contributed by atoms with Crippen LogP contribution in [0.4, 0.5) is 13.2 Å². The summed E-state index contributed by atoms with van der Waals surface area (Å²) in [5.41, 5.74) is 10.4. The lowest BCUT2D eigenvalue weighted by Crippen LogP contribution is -2.35. The van der Waals surface area contributed by atoms with E-state index >= 15 is 0 Å². The van der Waals surface area contributed by atoms with E-state index in [0.29, 0.717) is 22.4 Å². The third-order valence-corrected chi connectivity index (χ3v) is 5.39. The van der Waals surface area contributed by atoms with Crippen LogP contribution < -0.4 is 11.2 Å². The molecule has 0 fully saturated rings. The maximum absolute atomic E-state index is 13.3. The number of aliphatic imine (C=N–C) groups is 1. The Morgan fingerprint density at radius 2 is 2.10 bits per heavy atom. The maximum Gasteiger partial charge on any atom is 0.397 e. The summed E-state index contributed by atoms with van der Waals surface area (Å²) in [6.07, 6.45) is 3.31. The number of hydroxylamine groups is 1. The number of fused-ring (bicyclic) bond motifs is 1. The van der Waals surface area contributed by atoms with E-state index < -0.39 is 30.0 Å². The Balaban J connectivity index is 2.03. The van der Waals surface area contributed by atoms with E-state index in [9.17, 15) is 23.2 Å². The van der Waals surface area contributed by atoms with Crippen LogP contribution in [-0.4, -0.2) is 42.8 Å². The Morgan fingerprint density at radius 3 is 2.72 bits per heavy atom. The number of halogens is 3. The summed E-state index contributed by atoms with van der Waals surface area (Å²) in [6, 6.07) is -0.551. The van der Waals surface area contributed by atoms with Crippen LogP contribution in [0.15, 0.2) is 63.4 Å². The topological polar surface area (TPSA) is 96.9 Å². The molecule has 4 N–H and O–H groups in total. The first kappa shape index (κ1) is 21.1. The molecule has 0 spiro atoms. The third-order valence-electron chi connectivity index (χ3n) is 5.39. The highest BCUT2D eigenvalue weighted by Gasteiger charge is 2.45. The molecule has 9 heteroatoms. The minimum atomic E-state index is -4.38. The lowest BCUT2D eigenvalue weighted by Gasteiger charge is -2.27. The van der Waals surface area contributed by atoms with Gasteiger partial charge >= 0.3 is 12.1 Å². The summed E-state index contributed by atoms with van der Waals surface area (Å²) in [5.74, 6) is -2.78. The number of methoxy groups -OCH3 is 1. The molecule has 0 aromatic heterocycles. The van der Waals surface area contributed by atoms with E-state index in [1.165, 1.54) is 19.3 Å². The molecule has 3 aliphatic rings. The van der Waals surface area contributed by atoms with Crippen LogP contribution in [0.25, 0.3) is 0 Å². The highest BCUT2D eigenvalue weighted by Crippen LogP contribution is 2.40. The number of nitrogens with one attached hydrogen (secondary N) is 1. The van der Waals surface area contributed by atoms with Gasteiger partial charge in [0.15, 0.2) is 0 Å². The van der Waals surface area contributed by atoms with Gasteiger partial charge in [0.05, 0.1) is 24.9 Å². The fourth-order valence-corrected chi connectivity index (χ4v) is 3.81. The number of ether oxygens (including phenoxy) is 1. The van der Waals surface area contributed by atoms with Crippen molar-refractivity contribution in [3.8, 4) is 0 Å². The molecule has 0 bridgehead atoms. The highest BCUT2D eigenvalue weighted by molar-refractivity contribution is 6.08. The molecule has 1 aliphatic heterocycles. The molecule has 0 aromatic rings. The van der Waals surface area contributed by atoms with Gasteiger partial charge in [0.2, 0.25) is 0 Å². The summed E-state index contributed by atoms with van der Waals surface area (Å²) in [4.78, 5) is 16.0. The normalized spacial score (nSPS) is 27.2. The van der Waals surface area contributed by atoms with Gasteiger partial charge in [0.1, 0.15) is 5.92 Å². The van der Waals surface area contributed by atoms with Gasteiger partial charge in [0, 0.05) is 23.2 Å². The average molecular weight is 409 g/mol. The third kappa shape index (κ3) is 3.92. The van der Waals surface area contributed by atoms with E-state index in [1.807, 2.05) is 0 Å². The average Bonchev–Trinajstić information content (AvgIpc) is 3.12. The van der Waals surface area contributed by atoms with Crippen LogP contribution in [0.3, 0.4) is 0 Å². The molecular weight excluding hydrogens is 387 g/mol. The fraction of sp³-hybridized carbons (Fsp3) is 0.400. The molecule has 1 heterocycles. The van der Waals surface area contributed by atoms with Crippen LogP contribution in [-0.2, 0) is 9.53 Å². The number of allylic oxidation sites excluding steroid dienone is 3. The summed E-state index contributed by atoms with van der Waals surface area (Å²) in [6.45, 7) is 1.76. The van der Waals surface area contributed by atoms with Crippen molar-refractivity contribution in [1.82, 2.24) is 5.48 Å². The van der Waals surface area contributed by atoms with Gasteiger partial charge in [-0.15, -0.1) is 0 Å². The number of carbonyl (C=O) groups excluding carboxylic acids is 1. The molecule has 0 saturated heterocycles. The molecule has 6 nitrogen and oxygen atoms in total. The molecule has 29 heavy (non-hydrogen) atoms. The predicted octanol–water partition coefficient (Wildman–Crippen LogP) is 2.74. The molecule has 0 saturated carbocycles. The Bertz CT molecular complexity index is 894. The molecule has 156 valence electrons. The van der Waals surface area contributed by atoms with Crippen LogP contribution in [0.1, 0.15) is 13.3 Å². The Morgan fingerprint density at radius 1 is 1.38 bits per heavy atom. The van der Waals surface area contributed by atoms with Crippen molar-refractivity contribution in [3.63, 3.8) is 0 Å². The number of alkyl halides is 3. The number of esters is 1. The molecule has 3 atom stereocenters. The zero-order valence-corrected chi connectivity index (χ0v) is 16.0. The Hall–Kier alpha value is -2.65. The van der Waals surface area contributed by atoms with Gasteiger partial charge in [-0.05, 0) is 24.5 Å². The van der Waals surface area contributed by atoms with Gasteiger partial charge in [-0.2, -0.15) is 13.2 Å². The van der Waals surface area contributed by atoms with Gasteiger partial charge < -0.3 is 10.5 Å². The number of nitrogens with two attached hydrogens (primary N) is 1. The molecule has 2 unspecified atom stereocenters. The molecule has 0 amide bonds. The highest BCUT2D eigenvalue weighted by atomic mass is 19.4. The maximum atomic E-state index is 13.3. The van der Waals surface area contributed by atoms with Gasteiger partial charge in [0.25, 0.3) is 0 Å². The van der Waals surface area contributed by atoms with Crippen molar-refractivity contribution in [2.24, 2.45) is 22.6 Å². The van der Waals surface area contributed by atoms with Gasteiger partial charge in [-0.25, -0.2) is 4.79 Å². The first-order chi connectivity index (χ1) is 13.7. The standard InChI is InChI=1S/C20H22F3N3O3/c1-10(14-9-25-18-12(14)4-3-5-15(18)20(21,22)23)17(26-28)13-8-11(19(27)29-2)6-7-16(13)24/h3-4,6-8,13,15-16,26,28H,5,9,24H2,1-2H3/t13-,15?,16?/m1/s1. The van der Waals surface area contributed by atoms with E-state index in [-0.39, 0.29) is 24.3 Å². The summed E-state index contributed by atoms with van der Waals surface area (Å²) >= 11 is 0. The molecule has 0 aromatic carbocycles. The molecular formula is C20H22F3N3O3. The monoisotopic (exact) mass is 409 g/mol. The van der Waals surface area contributed by atoms with Gasteiger partial charge in [-0.3, -0.25) is 15.7 Å². The number of carbonyl (C=O) groups is 1. The van der Waals surface area contributed by atoms with Crippen molar-refractivity contribution in [1.29, 1.82) is 0 Å². The second kappa shape index (κ2) is 8.00. The van der Waals surface area contributed by atoms with Crippen molar-refractivity contribution in [3.05, 3.63) is 58.4 Å². The number of hydrogen-bond acceptors (Lipinski definition) is 6. The fourth-order valence-electron chi connectivity index (χ4n) is 3.81. The van der Waals surface area contributed by atoms with E-state index in [4.69, 9.17) is 10.5 Å². The van der Waals surface area contributed by atoms with Crippen molar-refractivity contribution in [2.75, 3.05) is 13.7 Å². The summed E-state index contributed by atoms with van der Waals surface area (Å²) in [7, 11) is 1.25. The number of hydrogen-bond donors (Lipinski definition) is 3. The Kier molecular flexibility index (Phi) is 5.81. The first-order valence-electron chi connectivity index (χ1n) is 9.05. The quantitative estimate of drug-likeness (QED) is 0.490. The molecule has 2 aliphatic carbocycles. The van der Waals surface area contributed by atoms with E-state index in [1.54, 1.807) is 25.2 Å².